The van der Waals surface area contributed by atoms with Crippen LogP contribution in [0.25, 0.3) is 6.08 Å². The number of hydrogen-bond donors (Lipinski definition) is 0. The van der Waals surface area contributed by atoms with Crippen molar-refractivity contribution >= 4 is 46.0 Å². The van der Waals surface area contributed by atoms with E-state index in [0.717, 1.165) is 28.8 Å². The zero-order chi connectivity index (χ0) is 25.2. The Labute approximate surface area is 208 Å². The van der Waals surface area contributed by atoms with E-state index in [1.165, 1.54) is 25.3 Å². The third-order valence-corrected chi connectivity index (χ3v) is 6.35. The van der Waals surface area contributed by atoms with Crippen LogP contribution in [0, 0.1) is 5.82 Å². The van der Waals surface area contributed by atoms with Crippen molar-refractivity contribution in [3.63, 3.8) is 0 Å². The van der Waals surface area contributed by atoms with Gasteiger partial charge in [0.05, 0.1) is 23.3 Å². The number of carbonyl (C=O) groups excluding carboxylic acids is 1. The van der Waals surface area contributed by atoms with Crippen molar-refractivity contribution in [1.82, 2.24) is 0 Å². The van der Waals surface area contributed by atoms with E-state index in [-0.39, 0.29) is 27.3 Å². The Morgan fingerprint density at radius 1 is 1.03 bits per heavy atom. The van der Waals surface area contributed by atoms with E-state index in [1.807, 2.05) is 0 Å². The standard InChI is InChI=1S/C25H17F4NO3S2/c1-32-21-11-15(9-10-20(21)33-14-16-5-2-3-8-19(16)26)12-22-23(31)30(24(34)35-22)18-7-4-6-17(13-18)25(27,28)29/h2-13H,14H2,1H3/b22-12+. The zero-order valence-electron chi connectivity index (χ0n) is 18.1. The van der Waals surface area contributed by atoms with Crippen LogP contribution < -0.4 is 14.4 Å². The summed E-state index contributed by atoms with van der Waals surface area (Å²) >= 11 is 6.25. The molecule has 1 fully saturated rings. The fourth-order valence-electron chi connectivity index (χ4n) is 3.33. The summed E-state index contributed by atoms with van der Waals surface area (Å²) in [7, 11) is 1.45. The number of halogens is 4. The number of anilines is 1. The van der Waals surface area contributed by atoms with Crippen LogP contribution in [0.4, 0.5) is 23.2 Å². The molecule has 0 saturated carbocycles. The van der Waals surface area contributed by atoms with Crippen LogP contribution in [-0.4, -0.2) is 17.3 Å². The van der Waals surface area contributed by atoms with Gasteiger partial charge < -0.3 is 9.47 Å². The average molecular weight is 520 g/mol. The first-order valence-electron chi connectivity index (χ1n) is 10.2. The number of methoxy groups -OCH3 is 1. The van der Waals surface area contributed by atoms with E-state index in [4.69, 9.17) is 21.7 Å². The molecule has 0 radical (unpaired) electrons. The molecule has 35 heavy (non-hydrogen) atoms. The molecule has 1 heterocycles. The summed E-state index contributed by atoms with van der Waals surface area (Å²) in [5.41, 5.74) is 0.144. The molecule has 1 aliphatic rings. The number of rotatable bonds is 6. The summed E-state index contributed by atoms with van der Waals surface area (Å²) in [6.07, 6.45) is -2.98. The van der Waals surface area contributed by atoms with Gasteiger partial charge in [-0.25, -0.2) is 4.39 Å². The molecule has 0 bridgehead atoms. The van der Waals surface area contributed by atoms with Crippen molar-refractivity contribution < 1.29 is 31.8 Å². The van der Waals surface area contributed by atoms with Gasteiger partial charge in [-0.3, -0.25) is 9.69 Å². The van der Waals surface area contributed by atoms with Gasteiger partial charge in [0.2, 0.25) is 0 Å². The number of nitrogens with zero attached hydrogens (tertiary/aromatic N) is 1. The minimum atomic E-state index is -4.54. The Kier molecular flexibility index (Phi) is 7.13. The highest BCUT2D eigenvalue weighted by molar-refractivity contribution is 8.27. The van der Waals surface area contributed by atoms with E-state index in [0.29, 0.717) is 22.6 Å². The van der Waals surface area contributed by atoms with Crippen LogP contribution in [0.5, 0.6) is 11.5 Å². The van der Waals surface area contributed by atoms with Crippen LogP contribution in [0.1, 0.15) is 16.7 Å². The minimum absolute atomic E-state index is 0.00196. The van der Waals surface area contributed by atoms with Gasteiger partial charge in [0.15, 0.2) is 15.8 Å². The average Bonchev–Trinajstić information content (AvgIpc) is 3.11. The lowest BCUT2D eigenvalue weighted by Gasteiger charge is -2.16. The van der Waals surface area contributed by atoms with E-state index >= 15 is 0 Å². The Balaban J connectivity index is 1.55. The van der Waals surface area contributed by atoms with E-state index < -0.39 is 17.6 Å². The smallest absolute Gasteiger partial charge is 0.416 e. The molecular formula is C25H17F4NO3S2. The Morgan fingerprint density at radius 2 is 1.80 bits per heavy atom. The SMILES string of the molecule is COc1cc(/C=C2/SC(=S)N(c3cccc(C(F)(F)F)c3)C2=O)ccc1OCc1ccccc1F. The number of hydrogen-bond acceptors (Lipinski definition) is 5. The molecule has 1 saturated heterocycles. The second-order valence-corrected chi connectivity index (χ2v) is 9.03. The second-order valence-electron chi connectivity index (χ2n) is 7.36. The van der Waals surface area contributed by atoms with Crippen LogP contribution in [0.3, 0.4) is 0 Å². The number of thioether (sulfide) groups is 1. The summed E-state index contributed by atoms with van der Waals surface area (Å²) in [6, 6.07) is 15.6. The molecule has 1 aliphatic heterocycles. The third kappa shape index (κ3) is 5.49. The lowest BCUT2D eigenvalue weighted by atomic mass is 10.1. The second kappa shape index (κ2) is 10.1. The van der Waals surface area contributed by atoms with Gasteiger partial charge in [-0.05, 0) is 48.0 Å². The van der Waals surface area contributed by atoms with Crippen molar-refractivity contribution in [3.8, 4) is 11.5 Å². The lowest BCUT2D eigenvalue weighted by Crippen LogP contribution is -2.27. The van der Waals surface area contributed by atoms with Crippen LogP contribution >= 0.6 is 24.0 Å². The Bertz CT molecular complexity index is 1320. The van der Waals surface area contributed by atoms with E-state index in [1.54, 1.807) is 42.5 Å². The quantitative estimate of drug-likeness (QED) is 0.203. The molecule has 0 spiro atoms. The minimum Gasteiger partial charge on any atom is -0.493 e. The molecule has 0 atom stereocenters. The van der Waals surface area contributed by atoms with Crippen LogP contribution in [-0.2, 0) is 17.6 Å². The first kappa shape index (κ1) is 24.7. The molecule has 0 N–H and O–H groups in total. The molecule has 10 heteroatoms. The zero-order valence-corrected chi connectivity index (χ0v) is 19.8. The summed E-state index contributed by atoms with van der Waals surface area (Å²) in [6.45, 7) is -0.00196. The molecule has 1 amide bonds. The number of ether oxygens (including phenoxy) is 2. The third-order valence-electron chi connectivity index (χ3n) is 5.05. The van der Waals surface area contributed by atoms with Crippen LogP contribution in [0.15, 0.2) is 71.6 Å². The van der Waals surface area contributed by atoms with Gasteiger partial charge in [-0.1, -0.05) is 54.3 Å². The summed E-state index contributed by atoms with van der Waals surface area (Å²) in [4.78, 5) is 14.3. The van der Waals surface area contributed by atoms with Crippen molar-refractivity contribution in [2.45, 2.75) is 12.8 Å². The van der Waals surface area contributed by atoms with Gasteiger partial charge >= 0.3 is 6.18 Å². The monoisotopic (exact) mass is 519 g/mol. The number of thiocarbonyl (C=S) groups is 1. The number of amides is 1. The molecule has 3 aromatic rings. The maximum atomic E-state index is 13.8. The normalized spacial score (nSPS) is 15.1. The van der Waals surface area contributed by atoms with Gasteiger partial charge in [-0.15, -0.1) is 0 Å². The molecule has 0 aliphatic carbocycles. The summed E-state index contributed by atoms with van der Waals surface area (Å²) in [5, 5.41) is 0. The summed E-state index contributed by atoms with van der Waals surface area (Å²) < 4.78 is 64.3. The maximum absolute atomic E-state index is 13.8. The van der Waals surface area contributed by atoms with Gasteiger partial charge in [0, 0.05) is 5.56 Å². The van der Waals surface area contributed by atoms with Crippen molar-refractivity contribution in [2.24, 2.45) is 0 Å². The maximum Gasteiger partial charge on any atom is 0.416 e. The van der Waals surface area contributed by atoms with E-state index in [2.05, 4.69) is 0 Å². The van der Waals surface area contributed by atoms with Crippen molar-refractivity contribution in [2.75, 3.05) is 12.0 Å². The number of carbonyl (C=O) groups is 1. The number of benzene rings is 3. The van der Waals surface area contributed by atoms with Gasteiger partial charge in [-0.2, -0.15) is 13.2 Å². The Morgan fingerprint density at radius 3 is 2.51 bits per heavy atom. The molecule has 0 aromatic heterocycles. The predicted molar refractivity (Wildman–Crippen MR) is 131 cm³/mol. The molecular weight excluding hydrogens is 502 g/mol. The molecule has 4 nitrogen and oxygen atoms in total. The highest BCUT2D eigenvalue weighted by Gasteiger charge is 2.36. The predicted octanol–water partition coefficient (Wildman–Crippen LogP) is 6.84. The highest BCUT2D eigenvalue weighted by atomic mass is 32.2. The first-order valence-corrected chi connectivity index (χ1v) is 11.4. The fourth-order valence-corrected chi connectivity index (χ4v) is 4.63. The summed E-state index contributed by atoms with van der Waals surface area (Å²) in [5.74, 6) is -0.170. The lowest BCUT2D eigenvalue weighted by molar-refractivity contribution is -0.137. The molecule has 180 valence electrons. The largest absolute Gasteiger partial charge is 0.493 e. The Hall–Kier alpha value is -3.37. The molecule has 4 rings (SSSR count). The van der Waals surface area contributed by atoms with Crippen LogP contribution in [0.2, 0.25) is 0 Å². The molecule has 0 unspecified atom stereocenters. The number of alkyl halides is 3. The fraction of sp³-hybridized carbons (Fsp3) is 0.120. The highest BCUT2D eigenvalue weighted by Crippen LogP contribution is 2.39. The molecule has 3 aromatic carbocycles. The van der Waals surface area contributed by atoms with Crippen molar-refractivity contribution in [1.29, 1.82) is 0 Å². The first-order chi connectivity index (χ1) is 16.7. The topological polar surface area (TPSA) is 38.8 Å². The van der Waals surface area contributed by atoms with Gasteiger partial charge in [0.25, 0.3) is 5.91 Å². The van der Waals surface area contributed by atoms with Gasteiger partial charge in [0.1, 0.15) is 12.4 Å². The van der Waals surface area contributed by atoms with Crippen molar-refractivity contribution in [3.05, 3.63) is 94.1 Å². The van der Waals surface area contributed by atoms with E-state index in [9.17, 15) is 22.4 Å².